The van der Waals surface area contributed by atoms with Gasteiger partial charge in [0, 0.05) is 13.1 Å². The van der Waals surface area contributed by atoms with Crippen molar-refractivity contribution in [1.82, 2.24) is 9.80 Å². The van der Waals surface area contributed by atoms with E-state index < -0.39 is 12.1 Å². The third-order valence-electron chi connectivity index (χ3n) is 3.34. The Kier molecular flexibility index (Phi) is 5.88. The average molecular weight is 244 g/mol. The Hall–Kier alpha value is -0.650. The summed E-state index contributed by atoms with van der Waals surface area (Å²) in [7, 11) is 4.08. The first kappa shape index (κ1) is 14.4. The molecule has 1 saturated heterocycles. The third-order valence-corrected chi connectivity index (χ3v) is 3.34. The predicted molar refractivity (Wildman–Crippen MR) is 66.0 cm³/mol. The molecule has 0 radical (unpaired) electrons. The molecule has 2 N–H and O–H groups in total. The molecule has 1 unspecified atom stereocenters. The minimum Gasteiger partial charge on any atom is -0.481 e. The molecule has 5 nitrogen and oxygen atoms in total. The van der Waals surface area contributed by atoms with Crippen molar-refractivity contribution in [2.75, 3.05) is 40.3 Å². The van der Waals surface area contributed by atoms with Crippen LogP contribution in [0.3, 0.4) is 0 Å². The number of hydrogen-bond donors (Lipinski definition) is 2. The van der Waals surface area contributed by atoms with Crippen molar-refractivity contribution in [2.24, 2.45) is 5.92 Å². The van der Waals surface area contributed by atoms with E-state index in [0.717, 1.165) is 19.6 Å². The number of aliphatic carboxylic acids is 1. The second-order valence-electron chi connectivity index (χ2n) is 5.22. The van der Waals surface area contributed by atoms with Crippen LogP contribution >= 0.6 is 0 Å². The number of nitrogens with zero attached hydrogens (tertiary/aromatic N) is 2. The number of rotatable bonds is 6. The summed E-state index contributed by atoms with van der Waals surface area (Å²) in [5.74, 6) is -0.265. The van der Waals surface area contributed by atoms with Gasteiger partial charge in [0.05, 0.1) is 12.5 Å². The highest BCUT2D eigenvalue weighted by atomic mass is 16.4. The fraction of sp³-hybridized carbons (Fsp3) is 0.917. The van der Waals surface area contributed by atoms with E-state index in [4.69, 9.17) is 5.11 Å². The van der Waals surface area contributed by atoms with Gasteiger partial charge in [0.1, 0.15) is 0 Å². The normalized spacial score (nSPS) is 20.7. The summed E-state index contributed by atoms with van der Waals surface area (Å²) in [5.41, 5.74) is 0. The average Bonchev–Trinajstić information content (AvgIpc) is 2.19. The van der Waals surface area contributed by atoms with Crippen LogP contribution < -0.4 is 0 Å². The molecule has 100 valence electrons. The van der Waals surface area contributed by atoms with Gasteiger partial charge in [-0.15, -0.1) is 0 Å². The quantitative estimate of drug-likeness (QED) is 0.693. The number of carbonyl (C=O) groups is 1. The van der Waals surface area contributed by atoms with Crippen molar-refractivity contribution in [3.63, 3.8) is 0 Å². The van der Waals surface area contributed by atoms with Crippen molar-refractivity contribution in [2.45, 2.75) is 25.4 Å². The van der Waals surface area contributed by atoms with Gasteiger partial charge in [0.25, 0.3) is 0 Å². The van der Waals surface area contributed by atoms with Gasteiger partial charge in [-0.2, -0.15) is 0 Å². The summed E-state index contributed by atoms with van der Waals surface area (Å²) in [6.45, 7) is 3.66. The van der Waals surface area contributed by atoms with Crippen molar-refractivity contribution < 1.29 is 15.0 Å². The number of carboxylic acids is 1. The molecule has 1 heterocycles. The van der Waals surface area contributed by atoms with E-state index in [9.17, 15) is 9.90 Å². The molecule has 0 amide bonds. The molecule has 0 spiro atoms. The van der Waals surface area contributed by atoms with Gasteiger partial charge in [-0.05, 0) is 45.9 Å². The zero-order valence-corrected chi connectivity index (χ0v) is 10.8. The van der Waals surface area contributed by atoms with Crippen LogP contribution in [0.2, 0.25) is 0 Å². The van der Waals surface area contributed by atoms with Crippen LogP contribution in [0.25, 0.3) is 0 Å². The van der Waals surface area contributed by atoms with E-state index in [-0.39, 0.29) is 6.42 Å². The first-order chi connectivity index (χ1) is 7.97. The van der Waals surface area contributed by atoms with Crippen LogP contribution in [-0.4, -0.2) is 72.4 Å². The number of piperidine rings is 1. The SMILES string of the molecule is CN1CCC(CN(C)CC(O)CC(=O)O)CC1. The van der Waals surface area contributed by atoms with E-state index in [0.29, 0.717) is 12.5 Å². The molecule has 5 heteroatoms. The van der Waals surface area contributed by atoms with Crippen molar-refractivity contribution in [1.29, 1.82) is 0 Å². The van der Waals surface area contributed by atoms with Crippen molar-refractivity contribution >= 4 is 5.97 Å². The lowest BCUT2D eigenvalue weighted by molar-refractivity contribution is -0.139. The summed E-state index contributed by atoms with van der Waals surface area (Å²) < 4.78 is 0. The van der Waals surface area contributed by atoms with Crippen molar-refractivity contribution in [3.8, 4) is 0 Å². The second kappa shape index (κ2) is 6.93. The number of aliphatic hydroxyl groups excluding tert-OH is 1. The zero-order chi connectivity index (χ0) is 12.8. The Balaban J connectivity index is 2.20. The summed E-state index contributed by atoms with van der Waals surface area (Å²) >= 11 is 0. The lowest BCUT2D eigenvalue weighted by atomic mass is 9.96. The molecular formula is C12H24N2O3. The Labute approximate surface area is 103 Å². The highest BCUT2D eigenvalue weighted by Gasteiger charge is 2.19. The number of hydrogen-bond acceptors (Lipinski definition) is 4. The maximum absolute atomic E-state index is 10.4. The lowest BCUT2D eigenvalue weighted by Gasteiger charge is -2.32. The first-order valence-electron chi connectivity index (χ1n) is 6.24. The van der Waals surface area contributed by atoms with Crippen LogP contribution in [-0.2, 0) is 4.79 Å². The number of likely N-dealkylation sites (tertiary alicyclic amines) is 1. The first-order valence-corrected chi connectivity index (χ1v) is 6.24. The molecule has 0 aliphatic carbocycles. The van der Waals surface area contributed by atoms with Gasteiger partial charge in [0.2, 0.25) is 0 Å². The molecule has 0 saturated carbocycles. The number of likely N-dealkylation sites (N-methyl/N-ethyl adjacent to an activating group) is 1. The molecule has 17 heavy (non-hydrogen) atoms. The minimum absolute atomic E-state index is 0.169. The summed E-state index contributed by atoms with van der Waals surface area (Å²) in [4.78, 5) is 14.8. The van der Waals surface area contributed by atoms with Crippen LogP contribution in [0.4, 0.5) is 0 Å². The highest BCUT2D eigenvalue weighted by molar-refractivity contribution is 5.67. The maximum atomic E-state index is 10.4. The minimum atomic E-state index is -0.940. The maximum Gasteiger partial charge on any atom is 0.306 e. The van der Waals surface area contributed by atoms with Crippen molar-refractivity contribution in [3.05, 3.63) is 0 Å². The fourth-order valence-corrected chi connectivity index (χ4v) is 2.39. The van der Waals surface area contributed by atoms with Gasteiger partial charge >= 0.3 is 5.97 Å². The van der Waals surface area contributed by atoms with Crippen LogP contribution in [0.15, 0.2) is 0 Å². The van der Waals surface area contributed by atoms with E-state index >= 15 is 0 Å². The topological polar surface area (TPSA) is 64.0 Å². The molecule has 0 aromatic rings. The predicted octanol–water partition coefficient (Wildman–Crippen LogP) is 0.0956. The Morgan fingerprint density at radius 2 is 2.06 bits per heavy atom. The van der Waals surface area contributed by atoms with Crippen LogP contribution in [0.5, 0.6) is 0 Å². The van der Waals surface area contributed by atoms with Crippen LogP contribution in [0, 0.1) is 5.92 Å². The Bertz CT molecular complexity index is 240. The monoisotopic (exact) mass is 244 g/mol. The third kappa shape index (κ3) is 6.00. The van der Waals surface area contributed by atoms with E-state index in [1.807, 2.05) is 11.9 Å². The number of carboxylic acid groups (broad SMARTS) is 1. The second-order valence-corrected chi connectivity index (χ2v) is 5.22. The zero-order valence-electron chi connectivity index (χ0n) is 10.8. The molecule has 0 aromatic heterocycles. The molecule has 1 aliphatic rings. The lowest BCUT2D eigenvalue weighted by Crippen LogP contribution is -2.38. The van der Waals surface area contributed by atoms with E-state index in [1.54, 1.807) is 0 Å². The summed E-state index contributed by atoms with van der Waals surface area (Å²) in [6, 6.07) is 0. The summed E-state index contributed by atoms with van der Waals surface area (Å²) in [6.07, 6.45) is 1.45. The molecule has 1 atom stereocenters. The Morgan fingerprint density at radius 3 is 2.59 bits per heavy atom. The molecule has 1 rings (SSSR count). The molecule has 1 fully saturated rings. The molecule has 1 aliphatic heterocycles. The van der Waals surface area contributed by atoms with E-state index in [1.165, 1.54) is 12.8 Å². The molecule has 0 bridgehead atoms. The van der Waals surface area contributed by atoms with Gasteiger partial charge in [-0.3, -0.25) is 4.79 Å². The smallest absolute Gasteiger partial charge is 0.306 e. The van der Waals surface area contributed by atoms with E-state index in [2.05, 4.69) is 11.9 Å². The fourth-order valence-electron chi connectivity index (χ4n) is 2.39. The molecular weight excluding hydrogens is 220 g/mol. The number of aliphatic hydroxyl groups is 1. The van der Waals surface area contributed by atoms with Gasteiger partial charge in [-0.25, -0.2) is 0 Å². The molecule has 0 aromatic carbocycles. The highest BCUT2D eigenvalue weighted by Crippen LogP contribution is 2.16. The Morgan fingerprint density at radius 1 is 1.47 bits per heavy atom. The van der Waals surface area contributed by atoms with Gasteiger partial charge in [0.15, 0.2) is 0 Å². The van der Waals surface area contributed by atoms with Crippen LogP contribution in [0.1, 0.15) is 19.3 Å². The summed E-state index contributed by atoms with van der Waals surface area (Å²) in [5, 5.41) is 18.1. The van der Waals surface area contributed by atoms with Gasteiger partial charge < -0.3 is 20.0 Å². The largest absolute Gasteiger partial charge is 0.481 e. The standard InChI is InChI=1S/C12H24N2O3/c1-13-5-3-10(4-6-13)8-14(2)9-11(15)7-12(16)17/h10-11,15H,3-9H2,1-2H3,(H,16,17). The van der Waals surface area contributed by atoms with Gasteiger partial charge in [-0.1, -0.05) is 0 Å².